The Labute approximate surface area is 99.2 Å². The van der Waals surface area contributed by atoms with Crippen LogP contribution in [-0.4, -0.2) is 32.7 Å². The monoisotopic (exact) mass is 243 g/mol. The molecular formula is C9H14ClN5O. The van der Waals surface area contributed by atoms with Gasteiger partial charge in [-0.05, 0) is 19.9 Å². The molecule has 6 nitrogen and oxygen atoms in total. The number of nitrogens with zero attached hydrogens (tertiary/aromatic N) is 4. The lowest BCUT2D eigenvalue weighted by molar-refractivity contribution is 0.293. The molecule has 2 aromatic heterocycles. The van der Waals surface area contributed by atoms with Crippen LogP contribution >= 0.6 is 12.4 Å². The predicted octanol–water partition coefficient (Wildman–Crippen LogP) is 0.582. The van der Waals surface area contributed by atoms with E-state index in [0.29, 0.717) is 24.8 Å². The first kappa shape index (κ1) is 12.7. The molecule has 0 bridgehead atoms. The van der Waals surface area contributed by atoms with Gasteiger partial charge in [-0.15, -0.1) is 12.4 Å². The summed E-state index contributed by atoms with van der Waals surface area (Å²) in [7, 11) is 0. The van der Waals surface area contributed by atoms with Crippen molar-refractivity contribution in [1.29, 1.82) is 0 Å². The molecule has 0 aromatic carbocycles. The highest BCUT2D eigenvalue weighted by Gasteiger charge is 2.05. The molecule has 2 aromatic rings. The topological polar surface area (TPSA) is 78.3 Å². The molecule has 2 N–H and O–H groups in total. The molecule has 0 aliphatic rings. The molecule has 0 spiro atoms. The largest absolute Gasteiger partial charge is 0.477 e. The van der Waals surface area contributed by atoms with Crippen molar-refractivity contribution >= 4 is 18.2 Å². The summed E-state index contributed by atoms with van der Waals surface area (Å²) < 4.78 is 7.11. The Morgan fingerprint density at radius 2 is 2.31 bits per heavy atom. The fraction of sp³-hybridized carbons (Fsp3) is 0.444. The number of halogens is 1. The van der Waals surface area contributed by atoms with E-state index < -0.39 is 0 Å². The molecule has 7 heteroatoms. The van der Waals surface area contributed by atoms with Crippen molar-refractivity contribution in [2.45, 2.75) is 13.3 Å². The van der Waals surface area contributed by atoms with Crippen molar-refractivity contribution in [1.82, 2.24) is 19.6 Å². The minimum absolute atomic E-state index is 0. The molecule has 0 unspecified atom stereocenters. The van der Waals surface area contributed by atoms with Crippen LogP contribution in [0.4, 0.5) is 0 Å². The first-order chi connectivity index (χ1) is 7.31. The summed E-state index contributed by atoms with van der Waals surface area (Å²) in [6.07, 6.45) is 2.27. The van der Waals surface area contributed by atoms with E-state index in [2.05, 4.69) is 15.1 Å². The fourth-order valence-electron chi connectivity index (χ4n) is 1.26. The minimum Gasteiger partial charge on any atom is -0.477 e. The molecule has 0 aliphatic carbocycles. The maximum atomic E-state index is 5.54. The van der Waals surface area contributed by atoms with Crippen LogP contribution in [0.5, 0.6) is 5.88 Å². The molecule has 88 valence electrons. The van der Waals surface area contributed by atoms with Crippen LogP contribution in [0.3, 0.4) is 0 Å². The molecule has 0 fully saturated rings. The van der Waals surface area contributed by atoms with Crippen LogP contribution in [0.2, 0.25) is 0 Å². The molecule has 2 rings (SSSR count). The van der Waals surface area contributed by atoms with E-state index in [1.54, 1.807) is 4.52 Å². The number of aromatic nitrogens is 4. The highest BCUT2D eigenvalue weighted by molar-refractivity contribution is 5.85. The summed E-state index contributed by atoms with van der Waals surface area (Å²) >= 11 is 0. The molecule has 16 heavy (non-hydrogen) atoms. The van der Waals surface area contributed by atoms with Crippen LogP contribution in [0.1, 0.15) is 12.1 Å². The highest BCUT2D eigenvalue weighted by Crippen LogP contribution is 2.12. The predicted molar refractivity (Wildman–Crippen MR) is 61.9 cm³/mol. The Kier molecular flexibility index (Phi) is 4.45. The summed E-state index contributed by atoms with van der Waals surface area (Å²) in [5, 5.41) is 4.03. The normalized spacial score (nSPS) is 10.1. The summed E-state index contributed by atoms with van der Waals surface area (Å²) in [5.74, 6) is 1.21. The zero-order valence-electron chi connectivity index (χ0n) is 8.96. The van der Waals surface area contributed by atoms with Gasteiger partial charge in [0.25, 0.3) is 5.78 Å². The molecule has 2 heterocycles. The maximum absolute atomic E-state index is 5.54. The molecule has 0 radical (unpaired) electrons. The third-order valence-electron chi connectivity index (χ3n) is 1.95. The van der Waals surface area contributed by atoms with E-state index in [-0.39, 0.29) is 12.4 Å². The lowest BCUT2D eigenvalue weighted by atomic mass is 10.4. The van der Waals surface area contributed by atoms with Gasteiger partial charge in [0.15, 0.2) is 0 Å². The zero-order valence-corrected chi connectivity index (χ0v) is 9.78. The first-order valence-corrected chi connectivity index (χ1v) is 4.81. The Bertz CT molecular complexity index is 458. The van der Waals surface area contributed by atoms with E-state index in [0.717, 1.165) is 12.1 Å². The molecule has 0 aliphatic heterocycles. The van der Waals surface area contributed by atoms with E-state index in [1.165, 1.54) is 6.33 Å². The van der Waals surface area contributed by atoms with Gasteiger partial charge in [0.2, 0.25) is 5.88 Å². The smallest absolute Gasteiger partial charge is 0.255 e. The molecule has 0 saturated heterocycles. The Balaban J connectivity index is 0.00000128. The second-order valence-electron chi connectivity index (χ2n) is 3.20. The molecule has 0 saturated carbocycles. The van der Waals surface area contributed by atoms with E-state index >= 15 is 0 Å². The molecule has 0 atom stereocenters. The second kappa shape index (κ2) is 5.62. The number of nitrogens with two attached hydrogens (primary N) is 1. The summed E-state index contributed by atoms with van der Waals surface area (Å²) in [4.78, 5) is 8.21. The molecule has 0 amide bonds. The quantitative estimate of drug-likeness (QED) is 0.795. The third kappa shape index (κ3) is 2.59. The summed E-state index contributed by atoms with van der Waals surface area (Å²) in [5.41, 5.74) is 6.25. The standard InChI is InChI=1S/C9H13N5O.ClH/c1-7-5-8(15-4-2-3-10)14-9(13-7)11-6-12-14;/h5-6H,2-4,10H2,1H3;1H. The van der Waals surface area contributed by atoms with Gasteiger partial charge in [-0.2, -0.15) is 14.6 Å². The first-order valence-electron chi connectivity index (χ1n) is 4.81. The van der Waals surface area contributed by atoms with Crippen molar-refractivity contribution in [3.63, 3.8) is 0 Å². The van der Waals surface area contributed by atoms with Crippen molar-refractivity contribution in [3.05, 3.63) is 18.1 Å². The van der Waals surface area contributed by atoms with Gasteiger partial charge < -0.3 is 10.5 Å². The van der Waals surface area contributed by atoms with Gasteiger partial charge in [0.05, 0.1) is 6.61 Å². The summed E-state index contributed by atoms with van der Waals surface area (Å²) in [6, 6.07) is 1.83. The van der Waals surface area contributed by atoms with Crippen LogP contribution < -0.4 is 10.5 Å². The van der Waals surface area contributed by atoms with Crippen LogP contribution in [0, 0.1) is 6.92 Å². The number of fused-ring (bicyclic) bond motifs is 1. The SMILES string of the molecule is Cc1cc(OCCCN)n2ncnc2n1.Cl. The Hall–Kier alpha value is -1.40. The van der Waals surface area contributed by atoms with Crippen LogP contribution in [0.25, 0.3) is 5.78 Å². The van der Waals surface area contributed by atoms with Gasteiger partial charge in [-0.3, -0.25) is 0 Å². The lowest BCUT2D eigenvalue weighted by Crippen LogP contribution is -2.09. The number of hydrogen-bond donors (Lipinski definition) is 1. The average Bonchev–Trinajstić information content (AvgIpc) is 2.65. The van der Waals surface area contributed by atoms with Crippen molar-refractivity contribution in [2.75, 3.05) is 13.2 Å². The van der Waals surface area contributed by atoms with E-state index in [9.17, 15) is 0 Å². The summed E-state index contributed by atoms with van der Waals surface area (Å²) in [6.45, 7) is 3.09. The second-order valence-corrected chi connectivity index (χ2v) is 3.20. The number of aryl methyl sites for hydroxylation is 1. The Morgan fingerprint density at radius 1 is 1.50 bits per heavy atom. The zero-order chi connectivity index (χ0) is 10.7. The van der Waals surface area contributed by atoms with Gasteiger partial charge in [0, 0.05) is 11.8 Å². The van der Waals surface area contributed by atoms with Crippen LogP contribution in [0.15, 0.2) is 12.4 Å². The van der Waals surface area contributed by atoms with Crippen LogP contribution in [-0.2, 0) is 0 Å². The lowest BCUT2D eigenvalue weighted by Gasteiger charge is -2.06. The van der Waals surface area contributed by atoms with E-state index in [1.807, 2.05) is 13.0 Å². The maximum Gasteiger partial charge on any atom is 0.255 e. The average molecular weight is 244 g/mol. The van der Waals surface area contributed by atoms with Crippen molar-refractivity contribution < 1.29 is 4.74 Å². The number of hydrogen-bond acceptors (Lipinski definition) is 5. The van der Waals surface area contributed by atoms with Gasteiger partial charge in [-0.25, -0.2) is 4.98 Å². The highest BCUT2D eigenvalue weighted by atomic mass is 35.5. The van der Waals surface area contributed by atoms with Crippen molar-refractivity contribution in [3.8, 4) is 5.88 Å². The minimum atomic E-state index is 0. The van der Waals surface area contributed by atoms with E-state index in [4.69, 9.17) is 10.5 Å². The van der Waals surface area contributed by atoms with Gasteiger partial charge in [0.1, 0.15) is 6.33 Å². The van der Waals surface area contributed by atoms with Gasteiger partial charge in [-0.1, -0.05) is 0 Å². The third-order valence-corrected chi connectivity index (χ3v) is 1.95. The number of ether oxygens (including phenoxy) is 1. The number of rotatable bonds is 4. The molecular weight excluding hydrogens is 230 g/mol. The van der Waals surface area contributed by atoms with Crippen molar-refractivity contribution in [2.24, 2.45) is 5.73 Å². The van der Waals surface area contributed by atoms with Gasteiger partial charge >= 0.3 is 0 Å². The Morgan fingerprint density at radius 3 is 3.06 bits per heavy atom. The fourth-order valence-corrected chi connectivity index (χ4v) is 1.26.